The van der Waals surface area contributed by atoms with E-state index in [0.29, 0.717) is 5.56 Å². The Balaban J connectivity index is 1.94. The molecule has 1 fully saturated rings. The molecule has 102 valence electrons. The number of hydrogen-bond donors (Lipinski definition) is 1. The van der Waals surface area contributed by atoms with Crippen LogP contribution in [0.3, 0.4) is 0 Å². The standard InChI is InChI=1S/C13H17N3O2S/c14-9-11-1-3-13(4-2-11)16-7-5-12(6-8-16)10-19(15,17)18/h1-4,12H,5-8,10H2,(H2,15,17,18). The second-order valence-electron chi connectivity index (χ2n) is 4.92. The summed E-state index contributed by atoms with van der Waals surface area (Å²) in [5.41, 5.74) is 1.72. The van der Waals surface area contributed by atoms with Crippen LogP contribution in [0.25, 0.3) is 0 Å². The molecule has 1 aromatic carbocycles. The van der Waals surface area contributed by atoms with Gasteiger partial charge in [0.25, 0.3) is 0 Å². The summed E-state index contributed by atoms with van der Waals surface area (Å²) in [5, 5.41) is 13.8. The van der Waals surface area contributed by atoms with E-state index in [1.165, 1.54) is 0 Å². The van der Waals surface area contributed by atoms with Gasteiger partial charge in [-0.25, -0.2) is 13.6 Å². The van der Waals surface area contributed by atoms with Crippen LogP contribution in [-0.4, -0.2) is 27.3 Å². The molecule has 0 amide bonds. The van der Waals surface area contributed by atoms with Crippen LogP contribution >= 0.6 is 0 Å². The van der Waals surface area contributed by atoms with Crippen molar-refractivity contribution >= 4 is 15.7 Å². The molecule has 0 radical (unpaired) electrons. The molecule has 1 aliphatic rings. The van der Waals surface area contributed by atoms with Crippen LogP contribution in [0.4, 0.5) is 5.69 Å². The van der Waals surface area contributed by atoms with Gasteiger partial charge in [0.2, 0.25) is 10.0 Å². The SMILES string of the molecule is N#Cc1ccc(N2CCC(CS(N)(=O)=O)CC2)cc1. The Morgan fingerprint density at radius 2 is 1.84 bits per heavy atom. The van der Waals surface area contributed by atoms with Crippen LogP contribution in [0, 0.1) is 17.2 Å². The molecule has 2 rings (SSSR count). The maximum Gasteiger partial charge on any atom is 0.209 e. The molecule has 0 atom stereocenters. The molecule has 6 heteroatoms. The van der Waals surface area contributed by atoms with E-state index in [-0.39, 0.29) is 11.7 Å². The number of nitrogens with two attached hydrogens (primary N) is 1. The monoisotopic (exact) mass is 279 g/mol. The van der Waals surface area contributed by atoms with E-state index >= 15 is 0 Å². The second-order valence-corrected chi connectivity index (χ2v) is 6.58. The van der Waals surface area contributed by atoms with Crippen molar-refractivity contribution in [2.24, 2.45) is 11.1 Å². The molecule has 2 N–H and O–H groups in total. The third-order valence-electron chi connectivity index (χ3n) is 3.44. The zero-order chi connectivity index (χ0) is 13.9. The number of primary sulfonamides is 1. The lowest BCUT2D eigenvalue weighted by molar-refractivity contribution is 0.436. The fraction of sp³-hybridized carbons (Fsp3) is 0.462. The average molecular weight is 279 g/mol. The zero-order valence-electron chi connectivity index (χ0n) is 10.6. The largest absolute Gasteiger partial charge is 0.372 e. The van der Waals surface area contributed by atoms with Gasteiger partial charge in [0, 0.05) is 18.8 Å². The first-order chi connectivity index (χ1) is 8.98. The van der Waals surface area contributed by atoms with Crippen molar-refractivity contribution in [1.29, 1.82) is 5.26 Å². The number of nitrogens with zero attached hydrogens (tertiary/aromatic N) is 2. The van der Waals surface area contributed by atoms with Crippen molar-refractivity contribution in [3.63, 3.8) is 0 Å². The Morgan fingerprint density at radius 3 is 2.32 bits per heavy atom. The Labute approximate surface area is 113 Å². The maximum atomic E-state index is 11.1. The molecule has 0 aliphatic carbocycles. The third-order valence-corrected chi connectivity index (χ3v) is 4.38. The van der Waals surface area contributed by atoms with Gasteiger partial charge in [0.15, 0.2) is 0 Å². The molecule has 1 aromatic rings. The van der Waals surface area contributed by atoms with E-state index in [9.17, 15) is 8.42 Å². The van der Waals surface area contributed by atoms with E-state index in [4.69, 9.17) is 10.4 Å². The fourth-order valence-corrected chi connectivity index (χ4v) is 3.42. The van der Waals surface area contributed by atoms with E-state index < -0.39 is 10.0 Å². The number of anilines is 1. The molecule has 0 bridgehead atoms. The fourth-order valence-electron chi connectivity index (χ4n) is 2.43. The van der Waals surface area contributed by atoms with Crippen molar-refractivity contribution in [1.82, 2.24) is 0 Å². The quantitative estimate of drug-likeness (QED) is 0.896. The van der Waals surface area contributed by atoms with Crippen LogP contribution in [-0.2, 0) is 10.0 Å². The number of nitriles is 1. The topological polar surface area (TPSA) is 87.2 Å². The van der Waals surface area contributed by atoms with Crippen LogP contribution < -0.4 is 10.0 Å². The molecule has 0 unspecified atom stereocenters. The predicted octanol–water partition coefficient (Wildman–Crippen LogP) is 1.06. The molecule has 1 heterocycles. The molecule has 0 aromatic heterocycles. The van der Waals surface area contributed by atoms with Crippen LogP contribution in [0.15, 0.2) is 24.3 Å². The lowest BCUT2D eigenvalue weighted by atomic mass is 9.98. The zero-order valence-corrected chi connectivity index (χ0v) is 11.4. The van der Waals surface area contributed by atoms with Gasteiger partial charge in [-0.05, 0) is 43.0 Å². The molecular formula is C13H17N3O2S. The summed E-state index contributed by atoms with van der Waals surface area (Å²) in [6, 6.07) is 9.54. The lowest BCUT2D eigenvalue weighted by Crippen LogP contribution is -2.37. The van der Waals surface area contributed by atoms with Gasteiger partial charge in [-0.2, -0.15) is 5.26 Å². The third kappa shape index (κ3) is 3.94. The van der Waals surface area contributed by atoms with Crippen LogP contribution in [0.1, 0.15) is 18.4 Å². The summed E-state index contributed by atoms with van der Waals surface area (Å²) in [7, 11) is -3.37. The molecule has 0 spiro atoms. The summed E-state index contributed by atoms with van der Waals surface area (Å²) in [6.07, 6.45) is 1.66. The van der Waals surface area contributed by atoms with Crippen LogP contribution in [0.5, 0.6) is 0 Å². The summed E-state index contributed by atoms with van der Waals surface area (Å²) in [4.78, 5) is 2.21. The Hall–Kier alpha value is -1.58. The summed E-state index contributed by atoms with van der Waals surface area (Å²) < 4.78 is 22.1. The van der Waals surface area contributed by atoms with E-state index in [0.717, 1.165) is 31.6 Å². The Kier molecular flexibility index (Phi) is 4.08. The average Bonchev–Trinajstić information content (AvgIpc) is 2.38. The molecular weight excluding hydrogens is 262 g/mol. The first kappa shape index (κ1) is 13.8. The Morgan fingerprint density at radius 1 is 1.26 bits per heavy atom. The first-order valence-corrected chi connectivity index (χ1v) is 7.95. The number of hydrogen-bond acceptors (Lipinski definition) is 4. The number of rotatable bonds is 3. The molecule has 1 saturated heterocycles. The van der Waals surface area contributed by atoms with Gasteiger partial charge < -0.3 is 4.90 Å². The maximum absolute atomic E-state index is 11.1. The minimum absolute atomic E-state index is 0.0776. The summed E-state index contributed by atoms with van der Waals surface area (Å²) >= 11 is 0. The highest BCUT2D eigenvalue weighted by Gasteiger charge is 2.22. The lowest BCUT2D eigenvalue weighted by Gasteiger charge is -2.33. The van der Waals surface area contributed by atoms with Gasteiger partial charge in [-0.1, -0.05) is 0 Å². The first-order valence-electron chi connectivity index (χ1n) is 6.23. The van der Waals surface area contributed by atoms with Gasteiger partial charge in [0.05, 0.1) is 17.4 Å². The van der Waals surface area contributed by atoms with E-state index in [1.54, 1.807) is 12.1 Å². The van der Waals surface area contributed by atoms with Gasteiger partial charge >= 0.3 is 0 Å². The second kappa shape index (κ2) is 5.59. The molecule has 5 nitrogen and oxygen atoms in total. The van der Waals surface area contributed by atoms with Crippen molar-refractivity contribution in [2.45, 2.75) is 12.8 Å². The highest BCUT2D eigenvalue weighted by atomic mass is 32.2. The molecule has 0 saturated carbocycles. The van der Waals surface area contributed by atoms with Crippen molar-refractivity contribution < 1.29 is 8.42 Å². The van der Waals surface area contributed by atoms with E-state index in [2.05, 4.69) is 11.0 Å². The molecule has 1 aliphatic heterocycles. The normalized spacial score (nSPS) is 17.2. The van der Waals surface area contributed by atoms with Gasteiger partial charge in [-0.3, -0.25) is 0 Å². The summed E-state index contributed by atoms with van der Waals surface area (Å²) in [5.74, 6) is 0.235. The predicted molar refractivity (Wildman–Crippen MR) is 74.1 cm³/mol. The van der Waals surface area contributed by atoms with Crippen molar-refractivity contribution in [3.8, 4) is 6.07 Å². The van der Waals surface area contributed by atoms with Gasteiger partial charge in [-0.15, -0.1) is 0 Å². The van der Waals surface area contributed by atoms with Crippen molar-refractivity contribution in [2.75, 3.05) is 23.7 Å². The minimum atomic E-state index is -3.37. The Bertz CT molecular complexity index is 567. The minimum Gasteiger partial charge on any atom is -0.372 e. The number of piperidine rings is 1. The van der Waals surface area contributed by atoms with Gasteiger partial charge in [0.1, 0.15) is 0 Å². The number of sulfonamides is 1. The van der Waals surface area contributed by atoms with E-state index in [1.807, 2.05) is 12.1 Å². The highest BCUT2D eigenvalue weighted by molar-refractivity contribution is 7.89. The van der Waals surface area contributed by atoms with Crippen molar-refractivity contribution in [3.05, 3.63) is 29.8 Å². The molecule has 19 heavy (non-hydrogen) atoms. The summed E-state index contributed by atoms with van der Waals surface area (Å²) in [6.45, 7) is 1.65. The number of benzene rings is 1. The smallest absolute Gasteiger partial charge is 0.209 e. The van der Waals surface area contributed by atoms with Crippen LogP contribution in [0.2, 0.25) is 0 Å². The highest BCUT2D eigenvalue weighted by Crippen LogP contribution is 2.24.